The molecular formula is C19H18FN3O3. The zero-order valence-electron chi connectivity index (χ0n) is 14.2. The standard InChI is InChI=1S/C19H18FN3O3/c1-12(24)14-10-13(20)6-7-17(14)26-11-19(25)21-9-8-18-22-15-4-2-3-5-16(15)23-18/h2-7,10H,8-9,11H2,1H3,(H,21,25)(H,22,23). The number of hydrogen-bond acceptors (Lipinski definition) is 4. The minimum Gasteiger partial charge on any atom is -0.483 e. The maximum atomic E-state index is 13.2. The van der Waals surface area contributed by atoms with Gasteiger partial charge in [-0.3, -0.25) is 9.59 Å². The SMILES string of the molecule is CC(=O)c1cc(F)ccc1OCC(=O)NCCc1nc2ccccc2[nH]1. The third-order valence-electron chi connectivity index (χ3n) is 3.80. The van der Waals surface area contributed by atoms with Crippen LogP contribution in [-0.4, -0.2) is 34.8 Å². The molecule has 0 unspecified atom stereocenters. The highest BCUT2D eigenvalue weighted by atomic mass is 19.1. The maximum absolute atomic E-state index is 13.2. The summed E-state index contributed by atoms with van der Waals surface area (Å²) in [6.07, 6.45) is 0.551. The fourth-order valence-corrected chi connectivity index (χ4v) is 2.54. The molecule has 0 aliphatic carbocycles. The van der Waals surface area contributed by atoms with Gasteiger partial charge in [0.15, 0.2) is 12.4 Å². The number of carbonyl (C=O) groups excluding carboxylic acids is 2. The molecule has 7 heteroatoms. The number of nitrogens with zero attached hydrogens (tertiary/aromatic N) is 1. The summed E-state index contributed by atoms with van der Waals surface area (Å²) >= 11 is 0. The molecule has 1 heterocycles. The van der Waals surface area contributed by atoms with Gasteiger partial charge in [0.2, 0.25) is 0 Å². The first-order chi connectivity index (χ1) is 12.5. The van der Waals surface area contributed by atoms with Crippen LogP contribution in [0.15, 0.2) is 42.5 Å². The lowest BCUT2D eigenvalue weighted by molar-refractivity contribution is -0.123. The van der Waals surface area contributed by atoms with E-state index in [1.165, 1.54) is 19.1 Å². The van der Waals surface area contributed by atoms with E-state index in [9.17, 15) is 14.0 Å². The van der Waals surface area contributed by atoms with Gasteiger partial charge in [-0.25, -0.2) is 9.37 Å². The van der Waals surface area contributed by atoms with Gasteiger partial charge in [-0.15, -0.1) is 0 Å². The van der Waals surface area contributed by atoms with E-state index in [-0.39, 0.29) is 29.6 Å². The summed E-state index contributed by atoms with van der Waals surface area (Å²) in [5.74, 6) is -0.223. The third kappa shape index (κ3) is 4.24. The Bertz CT molecular complexity index is 919. The van der Waals surface area contributed by atoms with Crippen LogP contribution in [-0.2, 0) is 11.2 Å². The summed E-state index contributed by atoms with van der Waals surface area (Å²) in [6, 6.07) is 11.3. The summed E-state index contributed by atoms with van der Waals surface area (Å²) in [7, 11) is 0. The van der Waals surface area contributed by atoms with Crippen molar-refractivity contribution in [2.24, 2.45) is 0 Å². The lowest BCUT2D eigenvalue weighted by Crippen LogP contribution is -2.31. The van der Waals surface area contributed by atoms with E-state index in [1.54, 1.807) is 0 Å². The number of imidazole rings is 1. The number of carbonyl (C=O) groups is 2. The van der Waals surface area contributed by atoms with Gasteiger partial charge in [0.05, 0.1) is 16.6 Å². The van der Waals surface area contributed by atoms with E-state index in [4.69, 9.17) is 4.74 Å². The van der Waals surface area contributed by atoms with E-state index in [1.807, 2.05) is 24.3 Å². The monoisotopic (exact) mass is 355 g/mol. The normalized spacial score (nSPS) is 10.7. The van der Waals surface area contributed by atoms with Gasteiger partial charge >= 0.3 is 0 Å². The van der Waals surface area contributed by atoms with Gasteiger partial charge < -0.3 is 15.0 Å². The minimum absolute atomic E-state index is 0.111. The fraction of sp³-hybridized carbons (Fsp3) is 0.211. The molecule has 3 rings (SSSR count). The molecule has 0 atom stereocenters. The van der Waals surface area contributed by atoms with Crippen LogP contribution < -0.4 is 10.1 Å². The number of fused-ring (bicyclic) bond motifs is 1. The predicted molar refractivity (Wildman–Crippen MR) is 94.7 cm³/mol. The fourth-order valence-electron chi connectivity index (χ4n) is 2.54. The van der Waals surface area contributed by atoms with Crippen molar-refractivity contribution in [3.8, 4) is 5.75 Å². The van der Waals surface area contributed by atoms with Gasteiger partial charge in [0.25, 0.3) is 5.91 Å². The lowest BCUT2D eigenvalue weighted by atomic mass is 10.1. The molecule has 0 saturated heterocycles. The molecule has 2 aromatic carbocycles. The van der Waals surface area contributed by atoms with Gasteiger partial charge in [-0.1, -0.05) is 12.1 Å². The summed E-state index contributed by atoms with van der Waals surface area (Å²) in [6.45, 7) is 1.45. The average Bonchev–Trinajstić information content (AvgIpc) is 3.03. The Balaban J connectivity index is 1.49. The third-order valence-corrected chi connectivity index (χ3v) is 3.80. The van der Waals surface area contributed by atoms with Crippen LogP contribution in [0.5, 0.6) is 5.75 Å². The second kappa shape index (κ2) is 7.77. The van der Waals surface area contributed by atoms with Crippen molar-refractivity contribution in [1.82, 2.24) is 15.3 Å². The quantitative estimate of drug-likeness (QED) is 0.638. The molecule has 0 aliphatic rings. The Morgan fingerprint density at radius 2 is 2.04 bits per heavy atom. The Labute approximate surface area is 149 Å². The number of ketones is 1. The van der Waals surface area contributed by atoms with Crippen molar-refractivity contribution < 1.29 is 18.7 Å². The van der Waals surface area contributed by atoms with Crippen molar-refractivity contribution in [3.63, 3.8) is 0 Å². The van der Waals surface area contributed by atoms with Crippen LogP contribution in [0.2, 0.25) is 0 Å². The average molecular weight is 355 g/mol. The van der Waals surface area contributed by atoms with E-state index >= 15 is 0 Å². The second-order valence-corrected chi connectivity index (χ2v) is 5.79. The number of H-pyrrole nitrogens is 1. The van der Waals surface area contributed by atoms with E-state index < -0.39 is 5.82 Å². The molecule has 1 amide bonds. The van der Waals surface area contributed by atoms with Crippen molar-refractivity contribution in [1.29, 1.82) is 0 Å². The molecule has 0 radical (unpaired) electrons. The number of halogens is 1. The summed E-state index contributed by atoms with van der Waals surface area (Å²) in [5, 5.41) is 2.72. The van der Waals surface area contributed by atoms with Crippen LogP contribution >= 0.6 is 0 Å². The first-order valence-electron chi connectivity index (χ1n) is 8.16. The van der Waals surface area contributed by atoms with Crippen LogP contribution in [0.4, 0.5) is 4.39 Å². The highest BCUT2D eigenvalue weighted by molar-refractivity contribution is 5.96. The zero-order valence-corrected chi connectivity index (χ0v) is 14.2. The summed E-state index contributed by atoms with van der Waals surface area (Å²) in [5.41, 5.74) is 1.94. The number of para-hydroxylation sites is 2. The van der Waals surface area contributed by atoms with E-state index in [2.05, 4.69) is 15.3 Å². The predicted octanol–water partition coefficient (Wildman–Crippen LogP) is 2.64. The van der Waals surface area contributed by atoms with E-state index in [0.29, 0.717) is 13.0 Å². The number of aromatic amines is 1. The first-order valence-corrected chi connectivity index (χ1v) is 8.16. The number of ether oxygens (including phenoxy) is 1. The van der Waals surface area contributed by atoms with Crippen LogP contribution in [0.1, 0.15) is 23.1 Å². The number of amides is 1. The molecule has 0 spiro atoms. The van der Waals surface area contributed by atoms with Gasteiger partial charge in [-0.2, -0.15) is 0 Å². The molecule has 0 aliphatic heterocycles. The maximum Gasteiger partial charge on any atom is 0.257 e. The first kappa shape index (κ1) is 17.6. The molecule has 0 saturated carbocycles. The van der Waals surface area contributed by atoms with Crippen molar-refractivity contribution in [3.05, 3.63) is 59.7 Å². The molecule has 1 aromatic heterocycles. The number of aromatic nitrogens is 2. The summed E-state index contributed by atoms with van der Waals surface area (Å²) in [4.78, 5) is 31.0. The Kier molecular flexibility index (Phi) is 5.26. The van der Waals surface area contributed by atoms with Gasteiger partial charge in [0, 0.05) is 13.0 Å². The zero-order chi connectivity index (χ0) is 18.5. The number of Topliss-reactive ketones (excluding diaryl/α,β-unsaturated/α-hetero) is 1. The molecule has 26 heavy (non-hydrogen) atoms. The largest absolute Gasteiger partial charge is 0.483 e. The topological polar surface area (TPSA) is 84.1 Å². The number of nitrogens with one attached hydrogen (secondary N) is 2. The molecule has 2 N–H and O–H groups in total. The van der Waals surface area contributed by atoms with Crippen molar-refractivity contribution in [2.45, 2.75) is 13.3 Å². The Morgan fingerprint density at radius 3 is 2.81 bits per heavy atom. The smallest absolute Gasteiger partial charge is 0.257 e. The van der Waals surface area contributed by atoms with Crippen LogP contribution in [0.3, 0.4) is 0 Å². The second-order valence-electron chi connectivity index (χ2n) is 5.79. The molecule has 0 bridgehead atoms. The van der Waals surface area contributed by atoms with Crippen molar-refractivity contribution >= 4 is 22.7 Å². The number of hydrogen-bond donors (Lipinski definition) is 2. The molecule has 6 nitrogen and oxygen atoms in total. The Hall–Kier alpha value is -3.22. The van der Waals surface area contributed by atoms with Gasteiger partial charge in [0.1, 0.15) is 17.4 Å². The van der Waals surface area contributed by atoms with E-state index in [0.717, 1.165) is 22.9 Å². The lowest BCUT2D eigenvalue weighted by Gasteiger charge is -2.10. The highest BCUT2D eigenvalue weighted by Gasteiger charge is 2.12. The minimum atomic E-state index is -0.530. The molecule has 3 aromatic rings. The molecule has 134 valence electrons. The highest BCUT2D eigenvalue weighted by Crippen LogP contribution is 2.20. The number of rotatable bonds is 7. The van der Waals surface area contributed by atoms with Crippen LogP contribution in [0, 0.1) is 5.82 Å². The van der Waals surface area contributed by atoms with Crippen LogP contribution in [0.25, 0.3) is 11.0 Å². The van der Waals surface area contributed by atoms with Crippen molar-refractivity contribution in [2.75, 3.05) is 13.2 Å². The van der Waals surface area contributed by atoms with Gasteiger partial charge in [-0.05, 0) is 37.3 Å². The Morgan fingerprint density at radius 1 is 1.23 bits per heavy atom. The number of benzene rings is 2. The molecule has 0 fully saturated rings. The summed E-state index contributed by atoms with van der Waals surface area (Å²) < 4.78 is 18.6. The molecular weight excluding hydrogens is 337 g/mol.